The molecule has 1 aromatic heterocycles. The van der Waals surface area contributed by atoms with E-state index in [9.17, 15) is 4.79 Å². The molecule has 2 amide bonds. The molecule has 2 rings (SSSR count). The van der Waals surface area contributed by atoms with E-state index in [0.29, 0.717) is 23.7 Å². The molecule has 1 heterocycles. The highest BCUT2D eigenvalue weighted by Crippen LogP contribution is 2.24. The van der Waals surface area contributed by atoms with Gasteiger partial charge in [-0.25, -0.2) is 9.48 Å². The fourth-order valence-corrected chi connectivity index (χ4v) is 2.33. The molecule has 0 spiro atoms. The second-order valence-electron chi connectivity index (χ2n) is 6.06. The van der Waals surface area contributed by atoms with Crippen molar-refractivity contribution in [3.05, 3.63) is 41.7 Å². The third-order valence-corrected chi connectivity index (χ3v) is 3.78. The summed E-state index contributed by atoms with van der Waals surface area (Å²) in [6.45, 7) is 4.54. The zero-order valence-corrected chi connectivity index (χ0v) is 14.0. The van der Waals surface area contributed by atoms with Crippen molar-refractivity contribution in [2.75, 3.05) is 18.5 Å². The number of benzene rings is 1. The number of urea groups is 1. The molecule has 1 aromatic carbocycles. The maximum Gasteiger partial charge on any atom is 0.319 e. The largest absolute Gasteiger partial charge is 0.396 e. The van der Waals surface area contributed by atoms with Crippen LogP contribution in [0.5, 0.6) is 0 Å². The number of amides is 2. The van der Waals surface area contributed by atoms with Gasteiger partial charge in [0.2, 0.25) is 0 Å². The predicted molar refractivity (Wildman–Crippen MR) is 91.1 cm³/mol. The van der Waals surface area contributed by atoms with Crippen molar-refractivity contribution in [2.45, 2.75) is 20.3 Å². The Morgan fingerprint density at radius 2 is 2.22 bits per heavy atom. The molecule has 0 aliphatic heterocycles. The normalized spacial score (nSPS) is 11.3. The molecule has 0 saturated heterocycles. The second kappa shape index (κ2) is 7.48. The van der Waals surface area contributed by atoms with Gasteiger partial charge in [-0.15, -0.1) is 0 Å². The van der Waals surface area contributed by atoms with E-state index in [-0.39, 0.29) is 18.1 Å². The summed E-state index contributed by atoms with van der Waals surface area (Å²) in [5.74, 6) is 0. The molecule has 0 fully saturated rings. The van der Waals surface area contributed by atoms with Crippen LogP contribution in [0.2, 0.25) is 5.02 Å². The van der Waals surface area contributed by atoms with Crippen LogP contribution in [-0.4, -0.2) is 34.1 Å². The molecule has 7 heteroatoms. The van der Waals surface area contributed by atoms with Crippen molar-refractivity contribution in [2.24, 2.45) is 5.41 Å². The van der Waals surface area contributed by atoms with Gasteiger partial charge >= 0.3 is 6.03 Å². The van der Waals surface area contributed by atoms with Crippen molar-refractivity contribution >= 4 is 23.3 Å². The molecule has 0 radical (unpaired) electrons. The van der Waals surface area contributed by atoms with Crippen LogP contribution in [0.15, 0.2) is 36.7 Å². The fourth-order valence-electron chi connectivity index (χ4n) is 2.07. The molecular weight excluding hydrogens is 316 g/mol. The Kier molecular flexibility index (Phi) is 5.63. The Labute approximate surface area is 140 Å². The summed E-state index contributed by atoms with van der Waals surface area (Å²) in [5, 5.41) is 19.1. The van der Waals surface area contributed by atoms with Gasteiger partial charge in [-0.3, -0.25) is 0 Å². The van der Waals surface area contributed by atoms with Crippen LogP contribution in [-0.2, 0) is 0 Å². The van der Waals surface area contributed by atoms with Gasteiger partial charge in [0, 0.05) is 31.2 Å². The van der Waals surface area contributed by atoms with Crippen molar-refractivity contribution in [1.82, 2.24) is 15.1 Å². The summed E-state index contributed by atoms with van der Waals surface area (Å²) in [7, 11) is 0. The highest BCUT2D eigenvalue weighted by atomic mass is 35.5. The van der Waals surface area contributed by atoms with Gasteiger partial charge in [-0.1, -0.05) is 25.4 Å². The summed E-state index contributed by atoms with van der Waals surface area (Å²) >= 11 is 6.23. The van der Waals surface area contributed by atoms with E-state index in [4.69, 9.17) is 16.7 Å². The van der Waals surface area contributed by atoms with Gasteiger partial charge in [-0.2, -0.15) is 5.10 Å². The van der Waals surface area contributed by atoms with Gasteiger partial charge < -0.3 is 15.7 Å². The summed E-state index contributed by atoms with van der Waals surface area (Å²) in [6.07, 6.45) is 4.09. The first-order valence-corrected chi connectivity index (χ1v) is 7.74. The quantitative estimate of drug-likeness (QED) is 0.758. The van der Waals surface area contributed by atoms with Crippen LogP contribution < -0.4 is 10.6 Å². The zero-order valence-electron chi connectivity index (χ0n) is 13.2. The summed E-state index contributed by atoms with van der Waals surface area (Å²) in [5.41, 5.74) is 1.18. The molecule has 0 unspecified atom stereocenters. The third kappa shape index (κ3) is 4.97. The van der Waals surface area contributed by atoms with E-state index in [1.807, 2.05) is 19.9 Å². The van der Waals surface area contributed by atoms with Gasteiger partial charge in [0.05, 0.1) is 10.7 Å². The first-order valence-electron chi connectivity index (χ1n) is 7.36. The molecule has 2 aromatic rings. The Bertz CT molecular complexity index is 656. The summed E-state index contributed by atoms with van der Waals surface area (Å²) in [6, 6.07) is 6.74. The minimum absolute atomic E-state index is 0.0980. The number of hydrogen-bond acceptors (Lipinski definition) is 3. The van der Waals surface area contributed by atoms with Gasteiger partial charge in [0.15, 0.2) is 0 Å². The van der Waals surface area contributed by atoms with Crippen molar-refractivity contribution < 1.29 is 9.90 Å². The first kappa shape index (κ1) is 17.3. The number of aliphatic hydroxyl groups excluding tert-OH is 1. The maximum absolute atomic E-state index is 11.9. The zero-order chi connectivity index (χ0) is 16.9. The van der Waals surface area contributed by atoms with E-state index >= 15 is 0 Å². The SMILES string of the molecule is CC(C)(CCO)CNC(=O)Nc1ccc(-n2cccn2)c(Cl)c1. The lowest BCUT2D eigenvalue weighted by Crippen LogP contribution is -2.37. The number of halogens is 1. The Balaban J connectivity index is 1.95. The Morgan fingerprint density at radius 3 is 2.83 bits per heavy atom. The Hall–Kier alpha value is -2.05. The molecule has 6 nitrogen and oxygen atoms in total. The lowest BCUT2D eigenvalue weighted by atomic mass is 9.90. The number of aliphatic hydroxyl groups is 1. The Morgan fingerprint density at radius 1 is 1.43 bits per heavy atom. The number of rotatable bonds is 6. The number of anilines is 1. The van der Waals surface area contributed by atoms with Crippen LogP contribution in [0.25, 0.3) is 5.69 Å². The number of nitrogens with one attached hydrogen (secondary N) is 2. The topological polar surface area (TPSA) is 79.2 Å². The van der Waals surface area contributed by atoms with E-state index in [0.717, 1.165) is 5.69 Å². The van der Waals surface area contributed by atoms with Crippen LogP contribution in [0.4, 0.5) is 10.5 Å². The van der Waals surface area contributed by atoms with E-state index in [1.54, 1.807) is 35.3 Å². The van der Waals surface area contributed by atoms with Crippen LogP contribution in [0.1, 0.15) is 20.3 Å². The van der Waals surface area contributed by atoms with Crippen molar-refractivity contribution in [1.29, 1.82) is 0 Å². The summed E-state index contributed by atoms with van der Waals surface area (Å²) < 4.78 is 1.66. The number of carbonyl (C=O) groups excluding carboxylic acids is 1. The number of hydrogen-bond donors (Lipinski definition) is 3. The van der Waals surface area contributed by atoms with E-state index in [2.05, 4.69) is 15.7 Å². The van der Waals surface area contributed by atoms with Crippen molar-refractivity contribution in [3.63, 3.8) is 0 Å². The van der Waals surface area contributed by atoms with E-state index < -0.39 is 0 Å². The monoisotopic (exact) mass is 336 g/mol. The molecule has 0 aliphatic rings. The lowest BCUT2D eigenvalue weighted by Gasteiger charge is -2.23. The summed E-state index contributed by atoms with van der Waals surface area (Å²) in [4.78, 5) is 11.9. The molecule has 0 aliphatic carbocycles. The molecular formula is C16H21ClN4O2. The fraction of sp³-hybridized carbons (Fsp3) is 0.375. The lowest BCUT2D eigenvalue weighted by molar-refractivity contribution is 0.204. The highest BCUT2D eigenvalue weighted by molar-refractivity contribution is 6.32. The van der Waals surface area contributed by atoms with Gasteiger partial charge in [-0.05, 0) is 36.1 Å². The third-order valence-electron chi connectivity index (χ3n) is 3.47. The smallest absolute Gasteiger partial charge is 0.319 e. The average molecular weight is 337 g/mol. The van der Waals surface area contributed by atoms with Crippen LogP contribution >= 0.6 is 11.6 Å². The molecule has 23 heavy (non-hydrogen) atoms. The van der Waals surface area contributed by atoms with Gasteiger partial charge in [0.1, 0.15) is 0 Å². The minimum Gasteiger partial charge on any atom is -0.396 e. The maximum atomic E-state index is 11.9. The van der Waals surface area contributed by atoms with Crippen LogP contribution in [0.3, 0.4) is 0 Å². The minimum atomic E-state index is -0.307. The van der Waals surface area contributed by atoms with Gasteiger partial charge in [0.25, 0.3) is 0 Å². The van der Waals surface area contributed by atoms with E-state index in [1.165, 1.54) is 0 Å². The number of nitrogens with zero attached hydrogens (tertiary/aromatic N) is 2. The number of carbonyl (C=O) groups is 1. The predicted octanol–water partition coefficient (Wildman–Crippen LogP) is 3.06. The second-order valence-corrected chi connectivity index (χ2v) is 6.47. The van der Waals surface area contributed by atoms with Crippen LogP contribution in [0, 0.1) is 5.41 Å². The first-order chi connectivity index (χ1) is 10.9. The highest BCUT2D eigenvalue weighted by Gasteiger charge is 2.18. The molecule has 3 N–H and O–H groups in total. The molecule has 0 atom stereocenters. The standard InChI is InChI=1S/C16H21ClN4O2/c1-16(2,6-9-22)11-18-15(23)20-12-4-5-14(13(17)10-12)21-8-3-7-19-21/h3-5,7-8,10,22H,6,9,11H2,1-2H3,(H2,18,20,23). The van der Waals surface area contributed by atoms with Crippen molar-refractivity contribution in [3.8, 4) is 5.69 Å². The number of aromatic nitrogens is 2. The molecule has 124 valence electrons. The average Bonchev–Trinajstić information content (AvgIpc) is 2.99. The molecule has 0 saturated carbocycles. The molecule has 0 bridgehead atoms.